The molecule has 0 unspecified atom stereocenters. The zero-order valence-corrected chi connectivity index (χ0v) is 12.5. The van der Waals surface area contributed by atoms with Crippen LogP contribution in [0.2, 0.25) is 0 Å². The molecule has 12 heavy (non-hydrogen) atoms. The van der Waals surface area contributed by atoms with Crippen LogP contribution in [-0.4, -0.2) is 69.6 Å². The zero-order chi connectivity index (χ0) is 8.97. The first-order chi connectivity index (χ1) is 5.77. The van der Waals surface area contributed by atoms with E-state index in [1.807, 2.05) is 19.2 Å². The Morgan fingerprint density at radius 3 is 2.67 bits per heavy atom. The minimum absolute atomic E-state index is 0.477. The van der Waals surface area contributed by atoms with Crippen LogP contribution in [0, 0.1) is 0 Å². The summed E-state index contributed by atoms with van der Waals surface area (Å²) in [6, 6.07) is 6.16. The summed E-state index contributed by atoms with van der Waals surface area (Å²) < 4.78 is 1.34. The summed E-state index contributed by atoms with van der Waals surface area (Å²) in [6.07, 6.45) is 0. The Balaban J connectivity index is 3.03. The summed E-state index contributed by atoms with van der Waals surface area (Å²) in [6.45, 7) is 0. The second-order valence-electron chi connectivity index (χ2n) is 2.55. The van der Waals surface area contributed by atoms with Crippen molar-refractivity contribution in [1.82, 2.24) is 0 Å². The molecule has 0 amide bonds. The van der Waals surface area contributed by atoms with Gasteiger partial charge in [0.2, 0.25) is 0 Å². The molecule has 0 aliphatic rings. The van der Waals surface area contributed by atoms with Gasteiger partial charge in [0, 0.05) is 0 Å². The average molecular weight is 234 g/mol. The van der Waals surface area contributed by atoms with E-state index >= 15 is 0 Å². The molecular formula is C8H10N3Rb. The van der Waals surface area contributed by atoms with Crippen molar-refractivity contribution in [2.45, 2.75) is 0 Å². The fourth-order valence-electron chi connectivity index (χ4n) is 1.03. The molecule has 0 aliphatic heterocycles. The number of azo groups is 1. The molecule has 1 aromatic rings. The Labute approximate surface area is 111 Å². The molecular weight excluding hydrogens is 224 g/mol. The fourth-order valence-corrected chi connectivity index (χ4v) is 2.45. The van der Waals surface area contributed by atoms with Crippen LogP contribution in [0.15, 0.2) is 28.4 Å². The van der Waals surface area contributed by atoms with Gasteiger partial charge in [0.05, 0.1) is 0 Å². The van der Waals surface area contributed by atoms with Crippen molar-refractivity contribution in [3.63, 3.8) is 0 Å². The van der Waals surface area contributed by atoms with Crippen molar-refractivity contribution in [3.05, 3.63) is 18.2 Å². The van der Waals surface area contributed by atoms with E-state index in [-0.39, 0.29) is 0 Å². The molecule has 0 bridgehead atoms. The molecule has 0 saturated heterocycles. The number of hydrogen-bond acceptors (Lipinski definition) is 3. The van der Waals surface area contributed by atoms with Gasteiger partial charge in [-0.05, 0) is 0 Å². The normalized spacial score (nSPS) is 10.7. The molecule has 4 heteroatoms. The molecule has 0 saturated carbocycles. The molecule has 0 radical (unpaired) electrons. The van der Waals surface area contributed by atoms with E-state index in [0.29, 0.717) is 55.5 Å². The Kier molecular flexibility index (Phi) is 4.57. The van der Waals surface area contributed by atoms with Crippen LogP contribution in [0.3, 0.4) is 0 Å². The first kappa shape index (κ1) is 10.5. The summed E-state index contributed by atoms with van der Waals surface area (Å²) in [5, 5.41) is 10.9. The number of nitrogens with zero attached hydrogens (tertiary/aromatic N) is 2. The zero-order valence-electron chi connectivity index (χ0n) is 7.63. The van der Waals surface area contributed by atoms with Gasteiger partial charge >= 0.3 is 113 Å². The van der Waals surface area contributed by atoms with Crippen molar-refractivity contribution >= 4 is 65.5 Å². The Morgan fingerprint density at radius 2 is 2.17 bits per heavy atom. The van der Waals surface area contributed by atoms with E-state index in [4.69, 9.17) is 0 Å². The predicted octanol–water partition coefficient (Wildman–Crippen LogP) is 1.24. The number of rotatable bonds is 2. The second kappa shape index (κ2) is 5.22. The quantitative estimate of drug-likeness (QED) is 0.767. The predicted molar refractivity (Wildman–Crippen MR) is 51.8 cm³/mol. The Bertz CT molecular complexity index is 296. The van der Waals surface area contributed by atoms with Crippen LogP contribution < -0.4 is 3.95 Å². The monoisotopic (exact) mass is 233 g/mol. The molecule has 0 fully saturated rings. The minimum atomic E-state index is 0.477. The fraction of sp³-hybridized carbons (Fsp3) is 0.250. The standard InChI is InChI=1S/C8H10N3.Rb/c1-9-7-3-5-8(6-4-7)11-10-2;/h3-5,9H,1-2H3;/b11-10+;. The van der Waals surface area contributed by atoms with Gasteiger partial charge in [0.15, 0.2) is 0 Å². The SMILES string of the molecule is C/N=N/c1ccc(NC)c[c]1[Rb]. The van der Waals surface area contributed by atoms with E-state index in [1.165, 1.54) is -1.37 Å². The number of anilines is 1. The van der Waals surface area contributed by atoms with Gasteiger partial charge in [0.25, 0.3) is 0 Å². The van der Waals surface area contributed by atoms with E-state index in [1.54, 1.807) is 7.05 Å². The van der Waals surface area contributed by atoms with Gasteiger partial charge in [-0.3, -0.25) is 0 Å². The number of benzene rings is 1. The average Bonchev–Trinajstić information content (AvgIpc) is 2.09. The van der Waals surface area contributed by atoms with E-state index in [9.17, 15) is 0 Å². The van der Waals surface area contributed by atoms with Crippen LogP contribution >= 0.6 is 0 Å². The van der Waals surface area contributed by atoms with Crippen molar-refractivity contribution < 1.29 is 0 Å². The Hall–Kier alpha value is 0.425. The van der Waals surface area contributed by atoms with Crippen LogP contribution in [0.5, 0.6) is 0 Å². The second-order valence-corrected chi connectivity index (χ2v) is 5.20. The van der Waals surface area contributed by atoms with Crippen LogP contribution in [0.1, 0.15) is 0 Å². The summed E-state index contributed by atoms with van der Waals surface area (Å²) in [5.74, 6) is 0. The molecule has 1 rings (SSSR count). The molecule has 0 aromatic heterocycles. The van der Waals surface area contributed by atoms with Gasteiger partial charge < -0.3 is 0 Å². The van der Waals surface area contributed by atoms with Gasteiger partial charge in [-0.1, -0.05) is 0 Å². The van der Waals surface area contributed by atoms with Crippen LogP contribution in [0.25, 0.3) is 0 Å². The summed E-state index contributed by atoms with van der Waals surface area (Å²) in [4.78, 5) is 0. The number of nitrogens with one attached hydrogen (secondary N) is 1. The maximum atomic E-state index is 4.03. The molecule has 58 valence electrons. The molecule has 3 nitrogen and oxygen atoms in total. The van der Waals surface area contributed by atoms with E-state index in [0.717, 1.165) is 11.4 Å². The topological polar surface area (TPSA) is 36.8 Å². The summed E-state index contributed by atoms with van der Waals surface area (Å²) in [5.41, 5.74) is 2.17. The van der Waals surface area contributed by atoms with Crippen molar-refractivity contribution in [2.75, 3.05) is 19.4 Å². The first-order valence-corrected chi connectivity index (χ1v) is 6.32. The van der Waals surface area contributed by atoms with Crippen molar-refractivity contribution in [2.24, 2.45) is 10.2 Å². The third-order valence-corrected chi connectivity index (χ3v) is 3.66. The van der Waals surface area contributed by atoms with Crippen LogP contribution in [0.4, 0.5) is 11.4 Å². The van der Waals surface area contributed by atoms with Crippen LogP contribution in [-0.2, 0) is 0 Å². The first-order valence-electron chi connectivity index (χ1n) is 3.86. The molecule has 0 aliphatic carbocycles. The van der Waals surface area contributed by atoms with E-state index < -0.39 is 0 Å². The van der Waals surface area contributed by atoms with Gasteiger partial charge in [0.1, 0.15) is 0 Å². The molecule has 1 N–H and O–H groups in total. The van der Waals surface area contributed by atoms with Crippen molar-refractivity contribution in [3.8, 4) is 0 Å². The van der Waals surface area contributed by atoms with Crippen molar-refractivity contribution in [1.29, 1.82) is 0 Å². The third kappa shape index (κ3) is 2.73. The number of hydrogen-bond donors (Lipinski definition) is 1. The van der Waals surface area contributed by atoms with Gasteiger partial charge in [-0.2, -0.15) is 0 Å². The van der Waals surface area contributed by atoms with Gasteiger partial charge in [-0.15, -0.1) is 0 Å². The molecule has 1 aromatic carbocycles. The molecule has 0 atom stereocenters. The maximum absolute atomic E-state index is 4.03. The van der Waals surface area contributed by atoms with Gasteiger partial charge in [-0.25, -0.2) is 0 Å². The summed E-state index contributed by atoms with van der Waals surface area (Å²) >= 11 is 0.477. The Morgan fingerprint density at radius 1 is 1.42 bits per heavy atom. The molecule has 0 spiro atoms. The van der Waals surface area contributed by atoms with E-state index in [2.05, 4.69) is 21.6 Å². The molecule has 0 heterocycles. The third-order valence-electron chi connectivity index (χ3n) is 1.69. The summed E-state index contributed by atoms with van der Waals surface area (Å²) in [7, 11) is 3.62.